The normalized spacial score (nSPS) is 27.9. The Hall–Kier alpha value is -6.82. The van der Waals surface area contributed by atoms with Crippen molar-refractivity contribution in [3.8, 4) is 22.6 Å². The molecule has 1 unspecified atom stereocenters. The van der Waals surface area contributed by atoms with Crippen LogP contribution >= 0.6 is 11.2 Å². The van der Waals surface area contributed by atoms with Crippen molar-refractivity contribution in [3.05, 3.63) is 77.9 Å². The molecule has 30 nitrogen and oxygen atoms in total. The summed E-state index contributed by atoms with van der Waals surface area (Å²) in [5.41, 5.74) is 3.12. The third kappa shape index (κ3) is 18.6. The summed E-state index contributed by atoms with van der Waals surface area (Å²) in [6.07, 6.45) is -8.02. The second-order valence-corrected chi connectivity index (χ2v) is 27.3. The fraction of sp³-hybridized carbons (Fsp3) is 0.603. The van der Waals surface area contributed by atoms with Gasteiger partial charge in [-0.3, -0.25) is 52.1 Å². The smallest absolute Gasteiger partial charge is 0.266 e. The average molecular weight is 1340 g/mol. The lowest BCUT2D eigenvalue weighted by Crippen LogP contribution is -2.64. The largest absolute Gasteiger partial charge is 0.504 e. The summed E-state index contributed by atoms with van der Waals surface area (Å²) in [7, 11) is 0. The highest BCUT2D eigenvalue weighted by Crippen LogP contribution is 2.41. The number of aliphatic hydroxyl groups is 8. The Morgan fingerprint density at radius 3 is 1.95 bits per heavy atom. The minimum absolute atomic E-state index is 0.0563. The van der Waals surface area contributed by atoms with Crippen molar-refractivity contribution in [2.24, 2.45) is 11.3 Å². The number of anilines is 1. The summed E-state index contributed by atoms with van der Waals surface area (Å²) in [6.45, 7) is 8.09. The van der Waals surface area contributed by atoms with Gasteiger partial charge in [0.25, 0.3) is 17.1 Å². The van der Waals surface area contributed by atoms with Crippen molar-refractivity contribution >= 4 is 58.2 Å². The first-order chi connectivity index (χ1) is 44.4. The molecule has 4 saturated heterocycles. The van der Waals surface area contributed by atoms with Gasteiger partial charge in [0, 0.05) is 88.3 Å². The topological polar surface area (TPSA) is 457 Å². The number of fused-ring (bicyclic) bond motifs is 2. The van der Waals surface area contributed by atoms with Crippen LogP contribution in [0.2, 0.25) is 0 Å². The van der Waals surface area contributed by atoms with Gasteiger partial charge in [-0.05, 0) is 104 Å². The van der Waals surface area contributed by atoms with Crippen molar-refractivity contribution < 1.29 is 97.4 Å². The molecular formula is C63H92N10O20S. The molecule has 0 spiro atoms. The number of aliphatic hydroxyl groups excluding tert-OH is 8. The van der Waals surface area contributed by atoms with Gasteiger partial charge < -0.3 is 96.7 Å². The third-order valence-electron chi connectivity index (χ3n) is 18.6. The fourth-order valence-electron chi connectivity index (χ4n) is 13.0. The Balaban J connectivity index is 1.07. The van der Waals surface area contributed by atoms with E-state index in [1.807, 2.05) is 12.1 Å². The maximum Gasteiger partial charge on any atom is 0.266 e. The van der Waals surface area contributed by atoms with E-state index in [0.717, 1.165) is 71.8 Å². The SMILES string of the molecule is C[C@@H](O)[C@@H]1NC(=O)C(NC(=O)c2ccc(-c3ccc(N4CCN(C5CCC(C)(C)CC5)CC4)cc3)cc2)C[C@@H](O)CNC(=O)[C@@H]2[C@@H](O)[C@@H](C)CN2C(=O)[C@H]([C@H](O)CCNC(CO)CO)NC(=O)[C@H]([C@H](O)Cc2ccc(O)c(OS(O)(O)O)c2)NC(=O)[C@@H]2C[C@@H](O)CN2C1=O. The van der Waals surface area contributed by atoms with Crippen LogP contribution in [-0.2, 0) is 35.2 Å². The quantitative estimate of drug-likeness (QED) is 0.0652. The number of carbonyl (C=O) groups excluding carboxylic acids is 7. The molecule has 7 amide bonds. The van der Waals surface area contributed by atoms with Crippen molar-refractivity contribution in [1.29, 1.82) is 0 Å². The molecule has 0 radical (unpaired) electrons. The summed E-state index contributed by atoms with van der Waals surface area (Å²) in [5, 5.41) is 114. The number of phenolic OH excluding ortho intramolecular Hbond substituents is 1. The number of nitrogens with one attached hydrogen (secondary N) is 6. The first-order valence-electron chi connectivity index (χ1n) is 31.8. The molecule has 3 aromatic rings. The maximum atomic E-state index is 15.0. The number of piperazine rings is 1. The van der Waals surface area contributed by atoms with Crippen LogP contribution in [0.3, 0.4) is 0 Å². The van der Waals surface area contributed by atoms with Gasteiger partial charge in [-0.1, -0.05) is 51.1 Å². The Morgan fingerprint density at radius 1 is 0.723 bits per heavy atom. The molecule has 0 bridgehead atoms. The van der Waals surface area contributed by atoms with Crippen molar-refractivity contribution in [2.75, 3.05) is 70.5 Å². The van der Waals surface area contributed by atoms with E-state index in [1.54, 1.807) is 12.1 Å². The minimum atomic E-state index is -4.74. The Morgan fingerprint density at radius 2 is 1.33 bits per heavy atom. The van der Waals surface area contributed by atoms with Crippen LogP contribution in [-0.4, -0.2) is 266 Å². The van der Waals surface area contributed by atoms with Gasteiger partial charge in [-0.25, -0.2) is 0 Å². The van der Waals surface area contributed by atoms with Crippen LogP contribution in [0.1, 0.15) is 88.6 Å². The third-order valence-corrected chi connectivity index (χ3v) is 19.0. The molecule has 13 atom stereocenters. The van der Waals surface area contributed by atoms with Crippen molar-refractivity contribution in [1.82, 2.24) is 46.6 Å². The highest BCUT2D eigenvalue weighted by molar-refractivity contribution is 8.15. The van der Waals surface area contributed by atoms with E-state index in [0.29, 0.717) is 11.5 Å². The molecule has 18 N–H and O–H groups in total. The van der Waals surface area contributed by atoms with E-state index in [2.05, 4.69) is 71.9 Å². The molecule has 8 rings (SSSR count). The van der Waals surface area contributed by atoms with Crippen molar-refractivity contribution in [2.45, 2.75) is 164 Å². The zero-order valence-electron chi connectivity index (χ0n) is 53.1. The van der Waals surface area contributed by atoms with Gasteiger partial charge in [0.1, 0.15) is 36.3 Å². The number of rotatable bonds is 18. The number of hydrogen-bond donors (Lipinski definition) is 18. The lowest BCUT2D eigenvalue weighted by molar-refractivity contribution is -0.147. The second-order valence-electron chi connectivity index (χ2n) is 26.2. The van der Waals surface area contributed by atoms with Gasteiger partial charge in [-0.15, -0.1) is 0 Å². The molecule has 1 saturated carbocycles. The van der Waals surface area contributed by atoms with Gasteiger partial charge in [0.15, 0.2) is 11.5 Å². The van der Waals surface area contributed by atoms with Gasteiger partial charge in [-0.2, -0.15) is 0 Å². The Bertz CT molecular complexity index is 3100. The van der Waals surface area contributed by atoms with E-state index in [-0.39, 0.29) is 24.2 Å². The molecule has 31 heteroatoms. The lowest BCUT2D eigenvalue weighted by atomic mass is 9.75. The molecule has 4 aliphatic heterocycles. The number of phenols is 1. The number of amides is 7. The zero-order valence-corrected chi connectivity index (χ0v) is 53.9. The highest BCUT2D eigenvalue weighted by Gasteiger charge is 2.50. The average Bonchev–Trinajstić information content (AvgIpc) is 1.60. The summed E-state index contributed by atoms with van der Waals surface area (Å²) < 4.78 is 33.4. The molecular weight excluding hydrogens is 1250 g/mol. The van der Waals surface area contributed by atoms with E-state index in [1.165, 1.54) is 50.8 Å². The molecule has 94 heavy (non-hydrogen) atoms. The monoisotopic (exact) mass is 1340 g/mol. The summed E-state index contributed by atoms with van der Waals surface area (Å²) in [5.74, 6) is -10.3. The molecule has 4 heterocycles. The summed E-state index contributed by atoms with van der Waals surface area (Å²) in [6, 6.07) is 5.79. The minimum Gasteiger partial charge on any atom is -0.504 e. The van der Waals surface area contributed by atoms with Crippen LogP contribution < -0.4 is 41.0 Å². The maximum absolute atomic E-state index is 15.0. The van der Waals surface area contributed by atoms with Crippen molar-refractivity contribution in [3.63, 3.8) is 0 Å². The van der Waals surface area contributed by atoms with Crippen LogP contribution in [0.25, 0.3) is 11.1 Å². The van der Waals surface area contributed by atoms with Gasteiger partial charge >= 0.3 is 0 Å². The first-order valence-corrected chi connectivity index (χ1v) is 33.2. The second kappa shape index (κ2) is 31.8. The number of carbonyl (C=O) groups is 7. The van der Waals surface area contributed by atoms with E-state index in [4.69, 9.17) is 0 Å². The van der Waals surface area contributed by atoms with Crippen LogP contribution in [0.4, 0.5) is 5.69 Å². The Kier molecular flexibility index (Phi) is 24.7. The molecule has 0 aromatic heterocycles. The fourth-order valence-corrected chi connectivity index (χ4v) is 13.3. The van der Waals surface area contributed by atoms with Crippen LogP contribution in [0.15, 0.2) is 66.7 Å². The van der Waals surface area contributed by atoms with Crippen LogP contribution in [0.5, 0.6) is 11.5 Å². The van der Waals surface area contributed by atoms with Gasteiger partial charge in [0.05, 0.1) is 55.9 Å². The molecule has 5 aliphatic rings. The Labute approximate surface area is 546 Å². The molecule has 3 aromatic carbocycles. The predicted octanol–water partition coefficient (Wildman–Crippen LogP) is -2.05. The number of hydrogen-bond acceptors (Lipinski definition) is 23. The summed E-state index contributed by atoms with van der Waals surface area (Å²) in [4.78, 5) is 109. The number of aromatic hydroxyl groups is 1. The number of nitrogens with zero attached hydrogens (tertiary/aromatic N) is 4. The number of β-amino-alcohol motifs (C(OH)–C–C–N with tert-alkyl or cyclic N) is 1. The van der Waals surface area contributed by atoms with Crippen LogP contribution in [0, 0.1) is 11.3 Å². The molecule has 5 fully saturated rings. The lowest BCUT2D eigenvalue weighted by Gasteiger charge is -2.44. The highest BCUT2D eigenvalue weighted by atomic mass is 32.3. The van der Waals surface area contributed by atoms with E-state index >= 15 is 0 Å². The molecule has 520 valence electrons. The standard InChI is InChI=1S/C63H92N10O20S/c1-34-30-73-54(55(34)82)60(87)65-29-43(77)27-45(66-56(83)39-8-6-37(7-9-39)38-10-12-41(13-11-38)70-21-23-71(24-22-70)42-15-18-63(3,4)19-16-42)57(84)67-51(35(2)76)61(88)72-31-44(78)28-46(72)58(85)68-52(49(81)25-36-5-14-47(79)50(26-36)93-94(90,91)92)59(86)69-53(62(73)89)48(80)17-20-64-40(32-74)33-75/h5-14,26,34-35,40,42-46,48-49,51-55,64,74-82,90-92H,15-25,27-33H2,1-4H3,(H,65,87)(H,66,83)(H,67,84)(H,68,85)(H,69,86)/t34-,35+,43+,44+,45?,46-,48+,49+,51-,52-,53-,54-,55-/m0/s1. The van der Waals surface area contributed by atoms with E-state index < -0.39 is 201 Å². The van der Waals surface area contributed by atoms with Gasteiger partial charge in [0.2, 0.25) is 35.4 Å². The predicted molar refractivity (Wildman–Crippen MR) is 341 cm³/mol. The zero-order chi connectivity index (χ0) is 68.5. The molecule has 1 aliphatic carbocycles. The van der Waals surface area contributed by atoms with E-state index in [9.17, 15) is 93.2 Å². The summed E-state index contributed by atoms with van der Waals surface area (Å²) >= 11 is -4.74. The number of benzene rings is 3. The first kappa shape index (κ1) is 73.0.